The molecule has 1 amide bonds. The zero-order chi connectivity index (χ0) is 28.7. The molecule has 13 heteroatoms. The molecule has 208 valence electrons. The Morgan fingerprint density at radius 3 is 2.67 bits per heavy atom. The summed E-state index contributed by atoms with van der Waals surface area (Å²) in [6.07, 6.45) is -3.01. The number of rotatable bonds is 10. The molecule has 3 aromatic carbocycles. The van der Waals surface area contributed by atoms with Crippen LogP contribution in [0, 0.1) is 3.57 Å². The average Bonchev–Trinajstić information content (AvgIpc) is 3.34. The van der Waals surface area contributed by atoms with Gasteiger partial charge in [-0.2, -0.15) is 18.3 Å². The van der Waals surface area contributed by atoms with Crippen molar-refractivity contribution in [1.82, 2.24) is 10.4 Å². The highest BCUT2D eigenvalue weighted by Gasteiger charge is 2.30. The van der Waals surface area contributed by atoms with E-state index in [1.165, 1.54) is 29.7 Å². The molecule has 0 bridgehead atoms. The SMILES string of the molecule is COc1cc(/C=N\NC(=O)Cc2csc(Nc3cccc(C(F)(F)F)c3)n2)cc(I)c1OCc1ccc(Br)cc1. The Morgan fingerprint density at radius 1 is 1.18 bits per heavy atom. The van der Waals surface area contributed by atoms with Gasteiger partial charge in [0.15, 0.2) is 16.6 Å². The van der Waals surface area contributed by atoms with Gasteiger partial charge in [0, 0.05) is 15.5 Å². The minimum atomic E-state index is -4.44. The van der Waals surface area contributed by atoms with Gasteiger partial charge in [-0.25, -0.2) is 10.4 Å². The fraction of sp³-hybridized carbons (Fsp3) is 0.148. The molecule has 0 saturated carbocycles. The first kappa shape index (κ1) is 29.8. The number of halogens is 5. The van der Waals surface area contributed by atoms with Gasteiger partial charge in [-0.1, -0.05) is 34.1 Å². The van der Waals surface area contributed by atoms with Crippen LogP contribution in [0.25, 0.3) is 0 Å². The Morgan fingerprint density at radius 2 is 1.95 bits per heavy atom. The Kier molecular flexibility index (Phi) is 10.0. The first-order chi connectivity index (χ1) is 19.1. The molecule has 2 N–H and O–H groups in total. The van der Waals surface area contributed by atoms with Gasteiger partial charge >= 0.3 is 6.18 Å². The number of anilines is 2. The second-order valence-corrected chi connectivity index (χ2v) is 11.2. The Hall–Kier alpha value is -3.17. The molecule has 4 aromatic rings. The molecule has 1 aromatic heterocycles. The maximum absolute atomic E-state index is 12.9. The normalized spacial score (nSPS) is 11.4. The van der Waals surface area contributed by atoms with E-state index in [0.717, 1.165) is 25.7 Å². The van der Waals surface area contributed by atoms with Crippen molar-refractivity contribution in [3.05, 3.63) is 96.5 Å². The van der Waals surface area contributed by atoms with Crippen molar-refractivity contribution < 1.29 is 27.4 Å². The highest BCUT2D eigenvalue weighted by Crippen LogP contribution is 2.34. The molecule has 7 nitrogen and oxygen atoms in total. The van der Waals surface area contributed by atoms with Crippen LogP contribution in [-0.2, 0) is 24.0 Å². The van der Waals surface area contributed by atoms with Crippen molar-refractivity contribution in [3.63, 3.8) is 0 Å². The van der Waals surface area contributed by atoms with Gasteiger partial charge in [0.05, 0.1) is 34.6 Å². The molecule has 4 rings (SSSR count). The topological polar surface area (TPSA) is 84.8 Å². The molecule has 0 aliphatic heterocycles. The second-order valence-electron chi connectivity index (χ2n) is 8.27. The van der Waals surface area contributed by atoms with E-state index in [1.54, 1.807) is 18.6 Å². The highest BCUT2D eigenvalue weighted by atomic mass is 127. The average molecular weight is 745 g/mol. The van der Waals surface area contributed by atoms with E-state index in [9.17, 15) is 18.0 Å². The highest BCUT2D eigenvalue weighted by molar-refractivity contribution is 14.1. The van der Waals surface area contributed by atoms with Crippen molar-refractivity contribution in [2.45, 2.75) is 19.2 Å². The van der Waals surface area contributed by atoms with Crippen LogP contribution in [0.15, 0.2) is 75.6 Å². The Labute approximate surface area is 254 Å². The van der Waals surface area contributed by atoms with Crippen LogP contribution >= 0.6 is 49.9 Å². The van der Waals surface area contributed by atoms with Gasteiger partial charge in [0.25, 0.3) is 0 Å². The third-order valence-electron chi connectivity index (χ3n) is 5.29. The van der Waals surface area contributed by atoms with Crippen LogP contribution in [0.4, 0.5) is 24.0 Å². The number of ether oxygens (including phenoxy) is 2. The molecule has 0 atom stereocenters. The first-order valence-electron chi connectivity index (χ1n) is 11.6. The summed E-state index contributed by atoms with van der Waals surface area (Å²) in [5.41, 5.74) is 4.10. The van der Waals surface area contributed by atoms with E-state index >= 15 is 0 Å². The lowest BCUT2D eigenvalue weighted by Crippen LogP contribution is -2.20. The van der Waals surface area contributed by atoms with Gasteiger partial charge < -0.3 is 14.8 Å². The number of aromatic nitrogens is 1. The smallest absolute Gasteiger partial charge is 0.416 e. The lowest BCUT2D eigenvalue weighted by Gasteiger charge is -2.13. The summed E-state index contributed by atoms with van der Waals surface area (Å²) >= 11 is 6.74. The molecule has 0 aliphatic rings. The maximum Gasteiger partial charge on any atom is 0.416 e. The van der Waals surface area contributed by atoms with E-state index in [1.807, 2.05) is 30.3 Å². The second kappa shape index (κ2) is 13.5. The number of nitrogens with zero attached hydrogens (tertiary/aromatic N) is 2. The van der Waals surface area contributed by atoms with Gasteiger partial charge in [0.1, 0.15) is 6.61 Å². The molecule has 40 heavy (non-hydrogen) atoms. The molecule has 0 radical (unpaired) electrons. The van der Waals surface area contributed by atoms with Crippen LogP contribution in [0.3, 0.4) is 0 Å². The fourth-order valence-electron chi connectivity index (χ4n) is 3.42. The van der Waals surface area contributed by atoms with Crippen molar-refractivity contribution in [2.75, 3.05) is 12.4 Å². The summed E-state index contributed by atoms with van der Waals surface area (Å²) in [4.78, 5) is 16.6. The predicted molar refractivity (Wildman–Crippen MR) is 160 cm³/mol. The third-order valence-corrected chi connectivity index (χ3v) is 7.42. The number of carbonyl (C=O) groups excluding carboxylic acids is 1. The minimum absolute atomic E-state index is 0.0538. The van der Waals surface area contributed by atoms with Gasteiger partial charge in [-0.15, -0.1) is 11.3 Å². The molecule has 1 heterocycles. The minimum Gasteiger partial charge on any atom is -0.493 e. The number of carbonyl (C=O) groups is 1. The zero-order valence-electron chi connectivity index (χ0n) is 20.8. The summed E-state index contributed by atoms with van der Waals surface area (Å²) in [5, 5.41) is 8.88. The van der Waals surface area contributed by atoms with Crippen molar-refractivity contribution in [3.8, 4) is 11.5 Å². The quantitative estimate of drug-likeness (QED) is 0.0996. The van der Waals surface area contributed by atoms with Crippen LogP contribution in [0.5, 0.6) is 11.5 Å². The van der Waals surface area contributed by atoms with Crippen molar-refractivity contribution in [2.24, 2.45) is 5.10 Å². The van der Waals surface area contributed by atoms with E-state index < -0.39 is 17.6 Å². The third kappa shape index (κ3) is 8.41. The maximum atomic E-state index is 12.9. The van der Waals surface area contributed by atoms with Crippen LogP contribution < -0.4 is 20.2 Å². The van der Waals surface area contributed by atoms with Gasteiger partial charge in [-0.05, 0) is 76.2 Å². The monoisotopic (exact) mass is 744 g/mol. The molecule has 0 aliphatic carbocycles. The lowest BCUT2D eigenvalue weighted by molar-refractivity contribution is -0.137. The number of alkyl halides is 3. The Bertz CT molecular complexity index is 1510. The standard InChI is InChI=1S/C27H21BrF3IN4O3S/c1-38-23-10-17(9-22(32)25(23)39-14-16-5-7-19(28)8-6-16)13-33-36-24(37)12-21-15-40-26(35-21)34-20-4-2-3-18(11-20)27(29,30)31/h2-11,13,15H,12,14H2,1H3,(H,34,35)(H,36,37)/b33-13-. The lowest BCUT2D eigenvalue weighted by atomic mass is 10.2. The number of thiazole rings is 1. The first-order valence-corrected chi connectivity index (χ1v) is 14.3. The Balaban J connectivity index is 1.32. The summed E-state index contributed by atoms with van der Waals surface area (Å²) < 4.78 is 52.1. The van der Waals surface area contributed by atoms with Crippen molar-refractivity contribution in [1.29, 1.82) is 0 Å². The van der Waals surface area contributed by atoms with Gasteiger partial charge in [0.2, 0.25) is 5.91 Å². The molecule has 0 unspecified atom stereocenters. The zero-order valence-corrected chi connectivity index (χ0v) is 25.3. The van der Waals surface area contributed by atoms with Crippen LogP contribution in [0.2, 0.25) is 0 Å². The fourth-order valence-corrected chi connectivity index (χ4v) is 5.19. The van der Waals surface area contributed by atoms with E-state index in [4.69, 9.17) is 9.47 Å². The van der Waals surface area contributed by atoms with Crippen molar-refractivity contribution >= 4 is 72.8 Å². The summed E-state index contributed by atoms with van der Waals surface area (Å²) in [6, 6.07) is 16.2. The molecular formula is C27H21BrF3IN4O3S. The molecule has 0 spiro atoms. The molecule has 0 saturated heterocycles. The number of hydrazone groups is 1. The number of hydrogen-bond acceptors (Lipinski definition) is 7. The number of hydrogen-bond donors (Lipinski definition) is 2. The van der Waals surface area contributed by atoms with Gasteiger partial charge in [-0.3, -0.25) is 4.79 Å². The molecule has 0 fully saturated rings. The number of benzene rings is 3. The van der Waals surface area contributed by atoms with E-state index in [0.29, 0.717) is 34.5 Å². The van der Waals surface area contributed by atoms with E-state index in [2.05, 4.69) is 59.3 Å². The summed E-state index contributed by atoms with van der Waals surface area (Å²) in [6.45, 7) is 0.372. The van der Waals surface area contributed by atoms with Crippen LogP contribution in [0.1, 0.15) is 22.4 Å². The predicted octanol–water partition coefficient (Wildman–Crippen LogP) is 7.55. The van der Waals surface area contributed by atoms with E-state index in [-0.39, 0.29) is 12.1 Å². The number of amides is 1. The summed E-state index contributed by atoms with van der Waals surface area (Å²) in [7, 11) is 1.55. The number of nitrogens with one attached hydrogen (secondary N) is 2. The summed E-state index contributed by atoms with van der Waals surface area (Å²) in [5.74, 6) is 0.730. The number of methoxy groups -OCH3 is 1. The molecular weight excluding hydrogens is 724 g/mol. The largest absolute Gasteiger partial charge is 0.493 e. The van der Waals surface area contributed by atoms with Crippen LogP contribution in [-0.4, -0.2) is 24.2 Å².